The van der Waals surface area contributed by atoms with Crippen molar-refractivity contribution in [3.63, 3.8) is 0 Å². The normalized spacial score (nSPS) is 15.7. The molecule has 9 nitrogen and oxygen atoms in total. The minimum absolute atomic E-state index is 0.0340. The molecule has 204 valence electrons. The number of carbonyl (C=O) groups is 3. The number of alkyl halides is 3. The van der Waals surface area contributed by atoms with E-state index in [4.69, 9.17) is 9.47 Å². The molecule has 0 saturated carbocycles. The first-order chi connectivity index (χ1) is 18.0. The number of nitrogens with one attached hydrogen (secondary N) is 3. The number of rotatable bonds is 9. The summed E-state index contributed by atoms with van der Waals surface area (Å²) in [4.78, 5) is 39.8. The Kier molecular flexibility index (Phi) is 9.35. The van der Waals surface area contributed by atoms with Gasteiger partial charge in [-0.15, -0.1) is 0 Å². The van der Waals surface area contributed by atoms with Gasteiger partial charge < -0.3 is 25.4 Å². The maximum atomic E-state index is 13.0. The molecule has 1 heterocycles. The van der Waals surface area contributed by atoms with Crippen molar-refractivity contribution in [1.29, 1.82) is 0 Å². The third-order valence-electron chi connectivity index (χ3n) is 5.73. The molecule has 0 radical (unpaired) electrons. The van der Waals surface area contributed by atoms with Gasteiger partial charge in [-0.25, -0.2) is 14.4 Å². The second-order valence-electron chi connectivity index (χ2n) is 8.44. The van der Waals surface area contributed by atoms with Crippen LogP contribution in [0.4, 0.5) is 34.1 Å². The summed E-state index contributed by atoms with van der Waals surface area (Å²) in [5.74, 6) is -0.607. The number of esters is 1. The molecule has 2 aromatic carbocycles. The predicted molar refractivity (Wildman–Crippen MR) is 134 cm³/mol. The van der Waals surface area contributed by atoms with E-state index in [0.29, 0.717) is 29.9 Å². The highest BCUT2D eigenvalue weighted by Crippen LogP contribution is 2.33. The van der Waals surface area contributed by atoms with Gasteiger partial charge in [-0.05, 0) is 55.3 Å². The number of hydrogen-bond donors (Lipinski definition) is 3. The molecule has 0 aromatic heterocycles. The molecule has 4 amide bonds. The summed E-state index contributed by atoms with van der Waals surface area (Å²) in [5.41, 5.74) is 0.897. The molecule has 3 rings (SSSR count). The second-order valence-corrected chi connectivity index (χ2v) is 8.44. The van der Waals surface area contributed by atoms with Crippen LogP contribution in [0.1, 0.15) is 37.4 Å². The van der Waals surface area contributed by atoms with Crippen LogP contribution in [0.25, 0.3) is 0 Å². The van der Waals surface area contributed by atoms with Crippen LogP contribution < -0.4 is 16.0 Å². The van der Waals surface area contributed by atoms with Gasteiger partial charge in [0, 0.05) is 30.7 Å². The summed E-state index contributed by atoms with van der Waals surface area (Å²) in [5, 5.41) is 7.91. The summed E-state index contributed by atoms with van der Waals surface area (Å²) in [6.07, 6.45) is -3.81. The molecular formula is C26H29F3N4O5. The standard InChI is InChI=1S/C26H29F3N4O5/c1-4-12-33-16(2)21(23(34)38-14-13-37-3)22(32-25(33)36)17-6-5-7-20(15-17)31-24(35)30-19-10-8-18(9-11-19)26(27,28)29/h5-11,15,22H,4,12-14H2,1-3H3,(H,32,36)(H2,30,31,35). The number of anilines is 2. The van der Waals surface area contributed by atoms with Crippen molar-refractivity contribution >= 4 is 29.4 Å². The Morgan fingerprint density at radius 2 is 1.74 bits per heavy atom. The van der Waals surface area contributed by atoms with Crippen LogP contribution in [0, 0.1) is 0 Å². The van der Waals surface area contributed by atoms with Gasteiger partial charge >= 0.3 is 24.2 Å². The number of urea groups is 2. The molecule has 1 atom stereocenters. The number of ether oxygens (including phenoxy) is 2. The average Bonchev–Trinajstić information content (AvgIpc) is 2.86. The number of methoxy groups -OCH3 is 1. The van der Waals surface area contributed by atoms with Crippen LogP contribution in [0.3, 0.4) is 0 Å². The predicted octanol–water partition coefficient (Wildman–Crippen LogP) is 5.29. The fourth-order valence-corrected chi connectivity index (χ4v) is 3.92. The van der Waals surface area contributed by atoms with Crippen molar-refractivity contribution in [2.75, 3.05) is 37.5 Å². The molecule has 0 saturated heterocycles. The third kappa shape index (κ3) is 7.03. The SMILES string of the molecule is CCCN1C(=O)NC(c2cccc(NC(=O)Nc3ccc(C(F)(F)F)cc3)c2)C(C(=O)OCCOC)=C1C. The molecule has 38 heavy (non-hydrogen) atoms. The number of amides is 4. The third-order valence-corrected chi connectivity index (χ3v) is 5.73. The lowest BCUT2D eigenvalue weighted by molar-refractivity contribution is -0.141. The largest absolute Gasteiger partial charge is 0.460 e. The van der Waals surface area contributed by atoms with Crippen LogP contribution in [0.5, 0.6) is 0 Å². The van der Waals surface area contributed by atoms with Crippen LogP contribution in [-0.2, 0) is 20.4 Å². The quantitative estimate of drug-likeness (QED) is 0.299. The molecule has 12 heteroatoms. The zero-order valence-electron chi connectivity index (χ0n) is 21.1. The number of benzene rings is 2. The molecule has 0 fully saturated rings. The second kappa shape index (κ2) is 12.5. The first kappa shape index (κ1) is 28.5. The van der Waals surface area contributed by atoms with Crippen molar-refractivity contribution in [2.24, 2.45) is 0 Å². The van der Waals surface area contributed by atoms with Gasteiger partial charge in [-0.3, -0.25) is 4.90 Å². The Morgan fingerprint density at radius 1 is 1.05 bits per heavy atom. The van der Waals surface area contributed by atoms with Crippen LogP contribution in [-0.4, -0.2) is 49.8 Å². The van der Waals surface area contributed by atoms with Gasteiger partial charge in [-0.2, -0.15) is 13.2 Å². The molecule has 0 aliphatic carbocycles. The molecular weight excluding hydrogens is 505 g/mol. The maximum absolute atomic E-state index is 13.0. The first-order valence-electron chi connectivity index (χ1n) is 11.8. The van der Waals surface area contributed by atoms with Gasteiger partial charge in [0.1, 0.15) is 6.61 Å². The maximum Gasteiger partial charge on any atom is 0.416 e. The van der Waals surface area contributed by atoms with E-state index >= 15 is 0 Å². The summed E-state index contributed by atoms with van der Waals surface area (Å²) >= 11 is 0. The topological polar surface area (TPSA) is 109 Å². The summed E-state index contributed by atoms with van der Waals surface area (Å²) in [7, 11) is 1.48. The molecule has 0 bridgehead atoms. The van der Waals surface area contributed by atoms with Crippen LogP contribution >= 0.6 is 0 Å². The molecule has 1 aliphatic heterocycles. The van der Waals surface area contributed by atoms with E-state index in [9.17, 15) is 27.6 Å². The number of hydrogen-bond acceptors (Lipinski definition) is 5. The Morgan fingerprint density at radius 3 is 2.37 bits per heavy atom. The van der Waals surface area contributed by atoms with Gasteiger partial charge in [0.2, 0.25) is 0 Å². The lowest BCUT2D eigenvalue weighted by Crippen LogP contribution is -2.48. The van der Waals surface area contributed by atoms with E-state index < -0.39 is 29.8 Å². The molecule has 2 aromatic rings. The Balaban J connectivity index is 1.81. The van der Waals surface area contributed by atoms with Crippen LogP contribution in [0.2, 0.25) is 0 Å². The fourth-order valence-electron chi connectivity index (χ4n) is 3.92. The highest BCUT2D eigenvalue weighted by molar-refractivity contribution is 6.00. The molecule has 1 unspecified atom stereocenters. The van der Waals surface area contributed by atoms with E-state index in [1.54, 1.807) is 31.2 Å². The molecule has 0 spiro atoms. The van der Waals surface area contributed by atoms with Crippen LogP contribution in [0.15, 0.2) is 59.8 Å². The van der Waals surface area contributed by atoms with Gasteiger partial charge in [0.25, 0.3) is 0 Å². The number of allylic oxidation sites excluding steroid dienone is 1. The first-order valence-corrected chi connectivity index (χ1v) is 11.8. The van der Waals surface area contributed by atoms with Gasteiger partial charge in [0.05, 0.1) is 23.8 Å². The summed E-state index contributed by atoms with van der Waals surface area (Å²) < 4.78 is 48.6. The molecule has 1 aliphatic rings. The number of halogens is 3. The van der Waals surface area contributed by atoms with Crippen molar-refractivity contribution < 1.29 is 37.0 Å². The fraction of sp³-hybridized carbons (Fsp3) is 0.346. The van der Waals surface area contributed by atoms with Crippen molar-refractivity contribution in [1.82, 2.24) is 10.2 Å². The minimum atomic E-state index is -4.48. The highest BCUT2D eigenvalue weighted by atomic mass is 19.4. The number of nitrogens with zero attached hydrogens (tertiary/aromatic N) is 1. The van der Waals surface area contributed by atoms with E-state index in [0.717, 1.165) is 24.3 Å². The summed E-state index contributed by atoms with van der Waals surface area (Å²) in [6, 6.07) is 8.63. The summed E-state index contributed by atoms with van der Waals surface area (Å²) in [6.45, 7) is 4.24. The Hall–Kier alpha value is -4.06. The lowest BCUT2D eigenvalue weighted by atomic mass is 9.94. The highest BCUT2D eigenvalue weighted by Gasteiger charge is 2.36. The number of carbonyl (C=O) groups excluding carboxylic acids is 3. The average molecular weight is 535 g/mol. The van der Waals surface area contributed by atoms with Crippen molar-refractivity contribution in [2.45, 2.75) is 32.5 Å². The van der Waals surface area contributed by atoms with Gasteiger partial charge in [0.15, 0.2) is 0 Å². The van der Waals surface area contributed by atoms with Crippen molar-refractivity contribution in [3.05, 3.63) is 70.9 Å². The van der Waals surface area contributed by atoms with E-state index in [-0.39, 0.29) is 30.5 Å². The zero-order valence-corrected chi connectivity index (χ0v) is 21.1. The zero-order chi connectivity index (χ0) is 27.9. The Bertz CT molecular complexity index is 1200. The smallest absolute Gasteiger partial charge is 0.416 e. The Labute approximate surface area is 218 Å². The molecule has 3 N–H and O–H groups in total. The lowest BCUT2D eigenvalue weighted by Gasteiger charge is -2.35. The van der Waals surface area contributed by atoms with E-state index in [2.05, 4.69) is 16.0 Å². The monoisotopic (exact) mass is 534 g/mol. The van der Waals surface area contributed by atoms with Gasteiger partial charge in [-0.1, -0.05) is 19.1 Å². The minimum Gasteiger partial charge on any atom is -0.460 e. The van der Waals surface area contributed by atoms with Crippen molar-refractivity contribution in [3.8, 4) is 0 Å². The van der Waals surface area contributed by atoms with E-state index in [1.807, 2.05) is 6.92 Å². The van der Waals surface area contributed by atoms with E-state index in [1.165, 1.54) is 12.0 Å².